The number of aromatic nitrogens is 2. The first-order valence-electron chi connectivity index (χ1n) is 7.66. The predicted molar refractivity (Wildman–Crippen MR) is 99.4 cm³/mol. The Hall–Kier alpha value is -5.02. The van der Waals surface area contributed by atoms with Crippen molar-refractivity contribution in [3.8, 4) is 18.2 Å². The normalized spacial score (nSPS) is 9.57. The van der Waals surface area contributed by atoms with Crippen LogP contribution >= 0.6 is 0 Å². The number of hydrogen-bond acceptors (Lipinski definition) is 5. The molecule has 0 atom stereocenters. The predicted octanol–water partition coefficient (Wildman–Crippen LogP) is 4.67. The highest BCUT2D eigenvalue weighted by Gasteiger charge is 2.24. The largest absolute Gasteiger partial charge is 0.268 e. The molecule has 0 saturated heterocycles. The van der Waals surface area contributed by atoms with Crippen LogP contribution in [-0.2, 0) is 0 Å². The smallest absolute Gasteiger partial charge is 0.232 e. The lowest BCUT2D eigenvalue weighted by Gasteiger charge is -2.13. The third kappa shape index (κ3) is 2.11. The second-order valence-electron chi connectivity index (χ2n) is 5.71. The molecule has 126 valence electrons. The van der Waals surface area contributed by atoms with E-state index in [1.54, 1.807) is 6.92 Å². The summed E-state index contributed by atoms with van der Waals surface area (Å²) in [5, 5.41) is 28.6. The van der Waals surface area contributed by atoms with Crippen molar-refractivity contribution >= 4 is 39.1 Å². The van der Waals surface area contributed by atoms with Crippen molar-refractivity contribution in [3.05, 3.63) is 62.1 Å². The van der Waals surface area contributed by atoms with E-state index >= 15 is 0 Å². The molecule has 0 spiro atoms. The van der Waals surface area contributed by atoms with E-state index in [0.29, 0.717) is 11.1 Å². The maximum Gasteiger partial charge on any atom is 0.232 e. The van der Waals surface area contributed by atoms with E-state index in [9.17, 15) is 15.8 Å². The van der Waals surface area contributed by atoms with Gasteiger partial charge < -0.3 is 0 Å². The molecular formula is C20H6N8. The summed E-state index contributed by atoms with van der Waals surface area (Å²) in [6, 6.07) is 5.83. The fourth-order valence-corrected chi connectivity index (χ4v) is 3.07. The first-order valence-corrected chi connectivity index (χ1v) is 7.66. The molecule has 8 heteroatoms. The molecule has 0 bridgehead atoms. The molecule has 0 unspecified atom stereocenters. The van der Waals surface area contributed by atoms with E-state index in [1.807, 2.05) is 18.2 Å². The summed E-state index contributed by atoms with van der Waals surface area (Å²) in [7, 11) is 0. The molecule has 0 N–H and O–H groups in total. The molecule has 0 radical (unpaired) electrons. The first kappa shape index (κ1) is 17.8. The van der Waals surface area contributed by atoms with Gasteiger partial charge in [-0.3, -0.25) is 4.98 Å². The van der Waals surface area contributed by atoms with Crippen molar-refractivity contribution in [3.63, 3.8) is 0 Å². The quantitative estimate of drug-likeness (QED) is 0.428. The number of benzene rings is 2. The summed E-state index contributed by atoms with van der Waals surface area (Å²) in [6.45, 7) is 25.4. The van der Waals surface area contributed by atoms with Crippen LogP contribution in [0.1, 0.15) is 27.8 Å². The molecule has 0 amide bonds. The van der Waals surface area contributed by atoms with E-state index in [4.69, 9.17) is 19.7 Å². The van der Waals surface area contributed by atoms with E-state index in [2.05, 4.69) is 24.5 Å². The molecule has 8 nitrogen and oxygen atoms in total. The highest BCUT2D eigenvalue weighted by molar-refractivity contribution is 6.06. The second kappa shape index (κ2) is 6.37. The van der Waals surface area contributed by atoms with E-state index in [1.165, 1.54) is 6.92 Å². The Morgan fingerprint density at radius 3 is 1.57 bits per heavy atom. The van der Waals surface area contributed by atoms with Gasteiger partial charge in [0.1, 0.15) is 6.07 Å². The van der Waals surface area contributed by atoms with Gasteiger partial charge in [0.2, 0.25) is 11.4 Å². The van der Waals surface area contributed by atoms with Crippen LogP contribution in [0.4, 0.5) is 17.1 Å². The van der Waals surface area contributed by atoms with E-state index < -0.39 is 0 Å². The van der Waals surface area contributed by atoms with Crippen molar-refractivity contribution in [1.29, 1.82) is 15.8 Å². The third-order valence-electron chi connectivity index (χ3n) is 4.42. The summed E-state index contributed by atoms with van der Waals surface area (Å²) in [5.41, 5.74) is 0.766. The van der Waals surface area contributed by atoms with Gasteiger partial charge in [0.25, 0.3) is 0 Å². The number of nitriles is 3. The first-order chi connectivity index (χ1) is 13.5. The highest BCUT2D eigenvalue weighted by atomic mass is 14.9. The van der Waals surface area contributed by atoms with Gasteiger partial charge in [0.05, 0.1) is 70.6 Å². The Balaban J connectivity index is 2.80. The van der Waals surface area contributed by atoms with Crippen LogP contribution in [0.15, 0.2) is 0 Å². The van der Waals surface area contributed by atoms with Crippen molar-refractivity contribution < 1.29 is 0 Å². The summed E-state index contributed by atoms with van der Waals surface area (Å²) in [4.78, 5) is 18.9. The lowest BCUT2D eigenvalue weighted by Crippen LogP contribution is -1.99. The SMILES string of the molecule is [C-]#[N+]c1c(C)c([N+]#[C-])c2nc3c([N+]#[C-])c(C#N)c(C)c(C#N)c3nc2c1C#N. The minimum absolute atomic E-state index is 0.00364. The van der Waals surface area contributed by atoms with Gasteiger partial charge in [-0.05, 0) is 18.1 Å². The summed E-state index contributed by atoms with van der Waals surface area (Å²) >= 11 is 0. The maximum atomic E-state index is 9.58. The Morgan fingerprint density at radius 1 is 0.607 bits per heavy atom. The molecular weight excluding hydrogens is 352 g/mol. The van der Waals surface area contributed by atoms with Crippen LogP contribution < -0.4 is 0 Å². The van der Waals surface area contributed by atoms with Crippen LogP contribution in [-0.4, -0.2) is 9.97 Å². The van der Waals surface area contributed by atoms with Crippen molar-refractivity contribution in [2.45, 2.75) is 13.8 Å². The fourth-order valence-electron chi connectivity index (χ4n) is 3.07. The second-order valence-corrected chi connectivity index (χ2v) is 5.71. The number of hydrogen-bond donors (Lipinski definition) is 0. The number of rotatable bonds is 0. The highest BCUT2D eigenvalue weighted by Crippen LogP contribution is 2.42. The van der Waals surface area contributed by atoms with Crippen LogP contribution in [0.25, 0.3) is 36.6 Å². The molecule has 2 aromatic carbocycles. The molecule has 1 heterocycles. The Bertz CT molecular complexity index is 1370. The Labute approximate surface area is 159 Å². The van der Waals surface area contributed by atoms with Gasteiger partial charge in [-0.25, -0.2) is 19.5 Å². The van der Waals surface area contributed by atoms with Gasteiger partial charge >= 0.3 is 0 Å². The zero-order valence-electron chi connectivity index (χ0n) is 14.6. The van der Waals surface area contributed by atoms with Crippen LogP contribution in [0.2, 0.25) is 0 Å². The average Bonchev–Trinajstić information content (AvgIpc) is 2.71. The zero-order valence-corrected chi connectivity index (χ0v) is 14.6. The summed E-state index contributed by atoms with van der Waals surface area (Å²) in [6.07, 6.45) is 0. The third-order valence-corrected chi connectivity index (χ3v) is 4.42. The lowest BCUT2D eigenvalue weighted by molar-refractivity contribution is 1.31. The molecule has 0 fully saturated rings. The molecule has 0 aliphatic carbocycles. The van der Waals surface area contributed by atoms with Crippen LogP contribution in [0.5, 0.6) is 0 Å². The zero-order chi connectivity index (χ0) is 20.6. The molecule has 3 aromatic rings. The molecule has 3 rings (SSSR count). The number of nitrogens with zero attached hydrogens (tertiary/aromatic N) is 8. The van der Waals surface area contributed by atoms with Crippen LogP contribution in [0.3, 0.4) is 0 Å². The average molecular weight is 358 g/mol. The van der Waals surface area contributed by atoms with Gasteiger partial charge in [-0.15, -0.1) is 0 Å². The van der Waals surface area contributed by atoms with E-state index in [0.717, 1.165) is 0 Å². The minimum atomic E-state index is -0.0650. The monoisotopic (exact) mass is 358 g/mol. The van der Waals surface area contributed by atoms with Gasteiger partial charge in [-0.1, -0.05) is 6.92 Å². The Kier molecular flexibility index (Phi) is 4.05. The molecule has 0 aliphatic heterocycles. The molecule has 1 aromatic heterocycles. The molecule has 0 saturated carbocycles. The fraction of sp³-hybridized carbons (Fsp3) is 0.100. The Morgan fingerprint density at radius 2 is 1.07 bits per heavy atom. The lowest BCUT2D eigenvalue weighted by atomic mass is 9.98. The standard InChI is InChI=1S/C20H6N8/c1-9-11(6-21)16(26-5)20-17(12(9)7-22)27-18-13(8-23)14(24-3)10(2)15(25-4)19(18)28-20/h1-2H3. The van der Waals surface area contributed by atoms with Gasteiger partial charge in [0.15, 0.2) is 5.69 Å². The number of fused-ring (bicyclic) bond motifs is 2. The molecule has 28 heavy (non-hydrogen) atoms. The summed E-state index contributed by atoms with van der Waals surface area (Å²) in [5.74, 6) is 0. The van der Waals surface area contributed by atoms with Crippen molar-refractivity contribution in [1.82, 2.24) is 9.97 Å². The molecule has 0 aliphatic rings. The minimum Gasteiger partial charge on any atom is -0.268 e. The van der Waals surface area contributed by atoms with Crippen molar-refractivity contribution in [2.75, 3.05) is 0 Å². The van der Waals surface area contributed by atoms with Crippen LogP contribution in [0, 0.1) is 67.6 Å². The van der Waals surface area contributed by atoms with Gasteiger partial charge in [-0.2, -0.15) is 15.8 Å². The topological polar surface area (TPSA) is 110 Å². The van der Waals surface area contributed by atoms with Gasteiger partial charge in [0, 0.05) is 0 Å². The maximum absolute atomic E-state index is 9.58. The van der Waals surface area contributed by atoms with E-state index in [-0.39, 0.29) is 55.8 Å². The van der Waals surface area contributed by atoms with Crippen molar-refractivity contribution in [2.24, 2.45) is 0 Å². The summed E-state index contributed by atoms with van der Waals surface area (Å²) < 4.78 is 0.